The van der Waals surface area contributed by atoms with E-state index in [1.165, 1.54) is 21.5 Å². The molecule has 2 nitrogen and oxygen atoms in total. The number of hydrogen-bond acceptors (Lipinski definition) is 2. The number of nitrogens with zero attached hydrogens (tertiary/aromatic N) is 1. The van der Waals surface area contributed by atoms with Crippen molar-refractivity contribution >= 4 is 29.7 Å². The van der Waals surface area contributed by atoms with Gasteiger partial charge in [0, 0.05) is 0 Å². The third kappa shape index (κ3) is 4.07. The Morgan fingerprint density at radius 3 is 1.90 bits per heavy atom. The molecule has 0 N–H and O–H groups in total. The second-order valence-electron chi connectivity index (χ2n) is 8.71. The van der Waals surface area contributed by atoms with Crippen molar-refractivity contribution in [3.63, 3.8) is 0 Å². The highest BCUT2D eigenvalue weighted by atomic mass is 31.1. The number of rotatable bonds is 6. The highest BCUT2D eigenvalue weighted by Crippen LogP contribution is 2.38. The number of ether oxygens (including phenoxy) is 1. The molecular formula is C27H30NOP. The van der Waals surface area contributed by atoms with E-state index in [0.717, 1.165) is 5.90 Å². The van der Waals surface area contributed by atoms with E-state index in [1.807, 2.05) is 0 Å². The number of benzene rings is 3. The first-order valence-corrected chi connectivity index (χ1v) is 12.0. The molecule has 1 aliphatic heterocycles. The average molecular weight is 416 g/mol. The molecule has 0 unspecified atom stereocenters. The molecule has 1 aliphatic rings. The average Bonchev–Trinajstić information content (AvgIpc) is 3.28. The number of hydrogen-bond donors (Lipinski definition) is 0. The van der Waals surface area contributed by atoms with Crippen LogP contribution in [0.2, 0.25) is 0 Å². The van der Waals surface area contributed by atoms with Crippen LogP contribution in [0, 0.1) is 5.92 Å². The SMILES string of the molecule is CC(C)[C@@H]1COC(C(C)(C)c2ccccc2P(c2ccccc2)c2ccccc2)=N1. The maximum atomic E-state index is 6.15. The topological polar surface area (TPSA) is 21.6 Å². The van der Waals surface area contributed by atoms with Gasteiger partial charge in [-0.3, -0.25) is 0 Å². The Kier molecular flexibility index (Phi) is 6.06. The van der Waals surface area contributed by atoms with Gasteiger partial charge in [0.25, 0.3) is 0 Å². The van der Waals surface area contributed by atoms with Crippen LogP contribution in [0.25, 0.3) is 0 Å². The zero-order valence-corrected chi connectivity index (χ0v) is 19.1. The van der Waals surface area contributed by atoms with Crippen LogP contribution in [-0.4, -0.2) is 18.5 Å². The van der Waals surface area contributed by atoms with E-state index in [1.54, 1.807) is 0 Å². The van der Waals surface area contributed by atoms with Crippen molar-refractivity contribution < 1.29 is 4.74 Å². The van der Waals surface area contributed by atoms with E-state index in [9.17, 15) is 0 Å². The Morgan fingerprint density at radius 2 is 1.37 bits per heavy atom. The molecule has 0 amide bonds. The van der Waals surface area contributed by atoms with Gasteiger partial charge in [-0.15, -0.1) is 0 Å². The zero-order chi connectivity index (χ0) is 21.1. The third-order valence-corrected chi connectivity index (χ3v) is 8.33. The normalized spacial score (nSPS) is 16.6. The molecule has 0 bridgehead atoms. The van der Waals surface area contributed by atoms with Gasteiger partial charge in [-0.2, -0.15) is 0 Å². The lowest BCUT2D eigenvalue weighted by molar-refractivity contribution is 0.274. The van der Waals surface area contributed by atoms with Gasteiger partial charge in [0.15, 0.2) is 5.90 Å². The van der Waals surface area contributed by atoms with E-state index >= 15 is 0 Å². The third-order valence-electron chi connectivity index (χ3n) is 5.83. The molecule has 0 spiro atoms. The van der Waals surface area contributed by atoms with Crippen molar-refractivity contribution in [1.29, 1.82) is 0 Å². The van der Waals surface area contributed by atoms with Crippen LogP contribution in [0.3, 0.4) is 0 Å². The molecule has 3 heteroatoms. The standard InChI is InChI=1S/C27H30NOP/c1-20(2)24-19-29-26(28-24)27(3,4)23-17-11-12-18-25(23)30(21-13-7-5-8-14-21)22-15-9-6-10-16-22/h5-18,20,24H,19H2,1-4H3/t24-/m0/s1. The highest BCUT2D eigenvalue weighted by molar-refractivity contribution is 7.79. The molecule has 0 fully saturated rings. The summed E-state index contributed by atoms with van der Waals surface area (Å²) in [5, 5.41) is 4.08. The van der Waals surface area contributed by atoms with E-state index in [2.05, 4.69) is 113 Å². The summed E-state index contributed by atoms with van der Waals surface area (Å²) < 4.78 is 6.15. The van der Waals surface area contributed by atoms with Crippen LogP contribution in [0.5, 0.6) is 0 Å². The fourth-order valence-corrected chi connectivity index (χ4v) is 6.59. The van der Waals surface area contributed by atoms with Crippen LogP contribution in [0.1, 0.15) is 33.3 Å². The first-order valence-electron chi connectivity index (χ1n) is 10.7. The van der Waals surface area contributed by atoms with Gasteiger partial charge in [-0.25, -0.2) is 4.99 Å². The summed E-state index contributed by atoms with van der Waals surface area (Å²) in [6.07, 6.45) is 0. The molecule has 0 aromatic heterocycles. The van der Waals surface area contributed by atoms with Crippen LogP contribution in [0.4, 0.5) is 0 Å². The summed E-state index contributed by atoms with van der Waals surface area (Å²) in [5.41, 5.74) is 1.01. The van der Waals surface area contributed by atoms with Crippen molar-refractivity contribution in [2.45, 2.75) is 39.2 Å². The smallest absolute Gasteiger partial charge is 0.194 e. The summed E-state index contributed by atoms with van der Waals surface area (Å²) in [6.45, 7) is 9.61. The Hall–Kier alpha value is -2.44. The van der Waals surface area contributed by atoms with Crippen molar-refractivity contribution in [3.05, 3.63) is 90.5 Å². The second kappa shape index (κ2) is 8.74. The molecule has 3 aromatic carbocycles. The number of aliphatic imine (C=N–C) groups is 1. The largest absolute Gasteiger partial charge is 0.478 e. The van der Waals surface area contributed by atoms with Crippen LogP contribution in [-0.2, 0) is 10.2 Å². The molecule has 154 valence electrons. The van der Waals surface area contributed by atoms with Gasteiger partial charge in [0.05, 0.1) is 11.5 Å². The van der Waals surface area contributed by atoms with Crippen LogP contribution in [0.15, 0.2) is 89.9 Å². The van der Waals surface area contributed by atoms with Crippen molar-refractivity contribution in [1.82, 2.24) is 0 Å². The summed E-state index contributed by atoms with van der Waals surface area (Å²) in [5.74, 6) is 1.35. The lowest BCUT2D eigenvalue weighted by Gasteiger charge is -2.30. The van der Waals surface area contributed by atoms with Gasteiger partial charge < -0.3 is 4.74 Å². The maximum absolute atomic E-state index is 6.15. The van der Waals surface area contributed by atoms with E-state index in [4.69, 9.17) is 9.73 Å². The molecule has 0 radical (unpaired) electrons. The van der Waals surface area contributed by atoms with Gasteiger partial charge in [0.2, 0.25) is 0 Å². The molecule has 30 heavy (non-hydrogen) atoms. The van der Waals surface area contributed by atoms with Gasteiger partial charge in [-0.1, -0.05) is 98.8 Å². The molecule has 0 saturated carbocycles. The quantitative estimate of drug-likeness (QED) is 0.509. The first kappa shape index (κ1) is 20.8. The van der Waals surface area contributed by atoms with Crippen molar-refractivity contribution in [3.8, 4) is 0 Å². The Bertz CT molecular complexity index is 972. The molecule has 4 rings (SSSR count). The molecule has 3 aromatic rings. The summed E-state index contributed by atoms with van der Waals surface area (Å²) in [7, 11) is -0.680. The van der Waals surface area contributed by atoms with E-state index in [-0.39, 0.29) is 11.5 Å². The Morgan fingerprint density at radius 1 is 0.833 bits per heavy atom. The first-order chi connectivity index (χ1) is 14.5. The maximum Gasteiger partial charge on any atom is 0.194 e. The minimum atomic E-state index is -0.680. The van der Waals surface area contributed by atoms with Gasteiger partial charge >= 0.3 is 0 Å². The van der Waals surface area contributed by atoms with Crippen LogP contribution >= 0.6 is 7.92 Å². The zero-order valence-electron chi connectivity index (χ0n) is 18.2. The molecule has 0 aliphatic carbocycles. The van der Waals surface area contributed by atoms with Gasteiger partial charge in [0.1, 0.15) is 6.61 Å². The monoisotopic (exact) mass is 415 g/mol. The lowest BCUT2D eigenvalue weighted by Crippen LogP contribution is -2.36. The van der Waals surface area contributed by atoms with Crippen molar-refractivity contribution in [2.75, 3.05) is 6.61 Å². The molecule has 1 atom stereocenters. The van der Waals surface area contributed by atoms with E-state index in [0.29, 0.717) is 12.5 Å². The molecular weight excluding hydrogens is 385 g/mol. The summed E-state index contributed by atoms with van der Waals surface area (Å²) in [4.78, 5) is 4.98. The summed E-state index contributed by atoms with van der Waals surface area (Å²) >= 11 is 0. The predicted octanol–water partition coefficient (Wildman–Crippen LogP) is 5.18. The fourth-order valence-electron chi connectivity index (χ4n) is 3.97. The fraction of sp³-hybridized carbons (Fsp3) is 0.296. The van der Waals surface area contributed by atoms with Crippen molar-refractivity contribution in [2.24, 2.45) is 10.9 Å². The Labute approximate surface area is 181 Å². The summed E-state index contributed by atoms with van der Waals surface area (Å²) in [6, 6.07) is 30.8. The van der Waals surface area contributed by atoms with E-state index < -0.39 is 7.92 Å². The molecule has 1 heterocycles. The van der Waals surface area contributed by atoms with Crippen LogP contribution < -0.4 is 15.9 Å². The Balaban J connectivity index is 1.84. The second-order valence-corrected chi connectivity index (χ2v) is 10.9. The molecule has 0 saturated heterocycles. The minimum absolute atomic E-state index is 0.246. The predicted molar refractivity (Wildman–Crippen MR) is 130 cm³/mol. The lowest BCUT2D eigenvalue weighted by atomic mass is 9.84. The van der Waals surface area contributed by atoms with Gasteiger partial charge in [-0.05, 0) is 49.2 Å². The minimum Gasteiger partial charge on any atom is -0.478 e. The highest BCUT2D eigenvalue weighted by Gasteiger charge is 2.37.